The van der Waals surface area contributed by atoms with Gasteiger partial charge in [-0.3, -0.25) is 4.79 Å². The monoisotopic (exact) mass is 268 g/mol. The Labute approximate surface area is 119 Å². The third-order valence-corrected chi connectivity index (χ3v) is 3.18. The third-order valence-electron chi connectivity index (χ3n) is 3.18. The average Bonchev–Trinajstić information content (AvgIpc) is 2.40. The molecule has 3 heteroatoms. The second-order valence-corrected chi connectivity index (χ2v) is 5.90. The highest BCUT2D eigenvalue weighted by Gasteiger charge is 2.14. The maximum Gasteiger partial charge on any atom is 0.255 e. The first kappa shape index (κ1) is 14.1. The van der Waals surface area contributed by atoms with E-state index in [-0.39, 0.29) is 11.3 Å². The smallest absolute Gasteiger partial charge is 0.255 e. The van der Waals surface area contributed by atoms with Gasteiger partial charge in [0.25, 0.3) is 5.91 Å². The van der Waals surface area contributed by atoms with Crippen LogP contribution in [0, 0.1) is 0 Å². The van der Waals surface area contributed by atoms with Gasteiger partial charge in [0.15, 0.2) is 0 Å². The van der Waals surface area contributed by atoms with Gasteiger partial charge in [0, 0.05) is 16.9 Å². The molecule has 0 saturated carbocycles. The van der Waals surface area contributed by atoms with Crippen molar-refractivity contribution in [3.63, 3.8) is 0 Å². The highest BCUT2D eigenvalue weighted by atomic mass is 16.1. The van der Waals surface area contributed by atoms with Crippen LogP contribution in [0.4, 0.5) is 11.4 Å². The van der Waals surface area contributed by atoms with Crippen molar-refractivity contribution in [2.45, 2.75) is 26.2 Å². The van der Waals surface area contributed by atoms with Gasteiger partial charge in [0.1, 0.15) is 0 Å². The number of nitrogens with two attached hydrogens (primary N) is 1. The summed E-state index contributed by atoms with van der Waals surface area (Å²) in [6.07, 6.45) is 0. The quantitative estimate of drug-likeness (QED) is 0.813. The third kappa shape index (κ3) is 3.38. The van der Waals surface area contributed by atoms with Crippen LogP contribution in [0.15, 0.2) is 48.5 Å². The van der Waals surface area contributed by atoms with Gasteiger partial charge in [-0.1, -0.05) is 32.9 Å². The highest BCUT2D eigenvalue weighted by molar-refractivity contribution is 6.04. The molecule has 1 amide bonds. The summed E-state index contributed by atoms with van der Waals surface area (Å²) in [5.41, 5.74) is 8.98. The van der Waals surface area contributed by atoms with Gasteiger partial charge in [-0.2, -0.15) is 0 Å². The molecule has 2 aromatic rings. The summed E-state index contributed by atoms with van der Waals surface area (Å²) in [6, 6.07) is 14.8. The van der Waals surface area contributed by atoms with Crippen LogP contribution in [0.5, 0.6) is 0 Å². The molecule has 3 N–H and O–H groups in total. The van der Waals surface area contributed by atoms with Crippen molar-refractivity contribution < 1.29 is 4.79 Å². The molecule has 0 unspecified atom stereocenters. The number of nitrogens with one attached hydrogen (secondary N) is 1. The van der Waals surface area contributed by atoms with Crippen LogP contribution in [0.1, 0.15) is 36.7 Å². The maximum atomic E-state index is 12.1. The van der Waals surface area contributed by atoms with Crippen LogP contribution in [0.25, 0.3) is 0 Å². The molecule has 0 aromatic heterocycles. The molecule has 3 nitrogen and oxygen atoms in total. The summed E-state index contributed by atoms with van der Waals surface area (Å²) < 4.78 is 0. The fraction of sp³-hybridized carbons (Fsp3) is 0.235. The Hall–Kier alpha value is -2.29. The molecule has 0 saturated heterocycles. The zero-order chi connectivity index (χ0) is 14.8. The first-order valence-electron chi connectivity index (χ1n) is 6.64. The minimum Gasteiger partial charge on any atom is -0.399 e. The lowest BCUT2D eigenvalue weighted by atomic mass is 9.87. The van der Waals surface area contributed by atoms with Crippen LogP contribution in [-0.2, 0) is 5.41 Å². The van der Waals surface area contributed by atoms with Crippen molar-refractivity contribution >= 4 is 17.3 Å². The number of carbonyl (C=O) groups excluding carboxylic acids is 1. The molecule has 20 heavy (non-hydrogen) atoms. The summed E-state index contributed by atoms with van der Waals surface area (Å²) in [5.74, 6) is -0.116. The molecule has 0 bridgehead atoms. The SMILES string of the molecule is CC(C)(C)c1ccc(C(=O)Nc2ccc(N)cc2)cc1. The van der Waals surface area contributed by atoms with E-state index in [9.17, 15) is 4.79 Å². The van der Waals surface area contributed by atoms with Crippen LogP contribution in [-0.4, -0.2) is 5.91 Å². The normalized spacial score (nSPS) is 11.2. The van der Waals surface area contributed by atoms with Crippen LogP contribution >= 0.6 is 0 Å². The number of anilines is 2. The molecule has 2 rings (SSSR count). The lowest BCUT2D eigenvalue weighted by molar-refractivity contribution is 0.102. The zero-order valence-electron chi connectivity index (χ0n) is 12.1. The minimum absolute atomic E-state index is 0.0892. The van der Waals surface area contributed by atoms with E-state index in [1.54, 1.807) is 24.3 Å². The standard InChI is InChI=1S/C17H20N2O/c1-17(2,3)13-6-4-12(5-7-13)16(20)19-15-10-8-14(18)9-11-15/h4-11H,18H2,1-3H3,(H,19,20). The van der Waals surface area contributed by atoms with Gasteiger partial charge in [0.2, 0.25) is 0 Å². The highest BCUT2D eigenvalue weighted by Crippen LogP contribution is 2.22. The van der Waals surface area contributed by atoms with E-state index in [1.807, 2.05) is 24.3 Å². The van der Waals surface area contributed by atoms with Crippen molar-refractivity contribution in [1.29, 1.82) is 0 Å². The summed E-state index contributed by atoms with van der Waals surface area (Å²) in [5, 5.41) is 2.85. The second kappa shape index (κ2) is 5.37. The second-order valence-electron chi connectivity index (χ2n) is 5.90. The summed E-state index contributed by atoms with van der Waals surface area (Å²) in [7, 11) is 0. The van der Waals surface area contributed by atoms with Crippen LogP contribution < -0.4 is 11.1 Å². The largest absolute Gasteiger partial charge is 0.399 e. The van der Waals surface area contributed by atoms with Crippen molar-refractivity contribution in [3.05, 3.63) is 59.7 Å². The van der Waals surface area contributed by atoms with E-state index < -0.39 is 0 Å². The van der Waals surface area contributed by atoms with Gasteiger partial charge in [-0.15, -0.1) is 0 Å². The van der Waals surface area contributed by atoms with E-state index in [4.69, 9.17) is 5.73 Å². The summed E-state index contributed by atoms with van der Waals surface area (Å²) in [4.78, 5) is 12.1. The Kier molecular flexibility index (Phi) is 3.79. The zero-order valence-corrected chi connectivity index (χ0v) is 12.1. The van der Waals surface area contributed by atoms with Crippen molar-refractivity contribution in [2.75, 3.05) is 11.1 Å². The Morgan fingerprint density at radius 1 is 0.950 bits per heavy atom. The van der Waals surface area contributed by atoms with Crippen LogP contribution in [0.2, 0.25) is 0 Å². The summed E-state index contributed by atoms with van der Waals surface area (Å²) >= 11 is 0. The van der Waals surface area contributed by atoms with E-state index in [1.165, 1.54) is 5.56 Å². The molecular formula is C17H20N2O. The molecule has 0 aliphatic rings. The first-order chi connectivity index (χ1) is 9.36. The van der Waals surface area contributed by atoms with E-state index >= 15 is 0 Å². The Balaban J connectivity index is 2.11. The van der Waals surface area contributed by atoms with Gasteiger partial charge in [-0.05, 0) is 47.4 Å². The van der Waals surface area contributed by atoms with Gasteiger partial charge >= 0.3 is 0 Å². The molecule has 0 aliphatic carbocycles. The molecule has 0 heterocycles. The molecule has 0 fully saturated rings. The fourth-order valence-corrected chi connectivity index (χ4v) is 1.89. The Morgan fingerprint density at radius 3 is 2.00 bits per heavy atom. The lowest BCUT2D eigenvalue weighted by Gasteiger charge is -2.19. The van der Waals surface area contributed by atoms with Gasteiger partial charge in [0.05, 0.1) is 0 Å². The molecule has 2 aromatic carbocycles. The first-order valence-corrected chi connectivity index (χ1v) is 6.64. The van der Waals surface area contributed by atoms with Gasteiger partial charge < -0.3 is 11.1 Å². The number of hydrogen-bond donors (Lipinski definition) is 2. The Morgan fingerprint density at radius 2 is 1.50 bits per heavy atom. The lowest BCUT2D eigenvalue weighted by Crippen LogP contribution is -2.14. The molecular weight excluding hydrogens is 248 g/mol. The van der Waals surface area contributed by atoms with Crippen LogP contribution in [0.3, 0.4) is 0 Å². The molecule has 0 atom stereocenters. The molecule has 0 radical (unpaired) electrons. The number of benzene rings is 2. The maximum absolute atomic E-state index is 12.1. The topological polar surface area (TPSA) is 55.1 Å². The summed E-state index contributed by atoms with van der Waals surface area (Å²) in [6.45, 7) is 6.45. The molecule has 104 valence electrons. The average molecular weight is 268 g/mol. The number of carbonyl (C=O) groups is 1. The van der Waals surface area contributed by atoms with Crippen molar-refractivity contribution in [1.82, 2.24) is 0 Å². The van der Waals surface area contributed by atoms with E-state index in [2.05, 4.69) is 26.1 Å². The van der Waals surface area contributed by atoms with Crippen molar-refractivity contribution in [3.8, 4) is 0 Å². The predicted octanol–water partition coefficient (Wildman–Crippen LogP) is 3.82. The van der Waals surface area contributed by atoms with E-state index in [0.717, 1.165) is 5.69 Å². The number of hydrogen-bond acceptors (Lipinski definition) is 2. The minimum atomic E-state index is -0.116. The molecule has 0 spiro atoms. The van der Waals surface area contributed by atoms with E-state index in [0.29, 0.717) is 11.3 Å². The number of nitrogen functional groups attached to an aromatic ring is 1. The van der Waals surface area contributed by atoms with Gasteiger partial charge in [-0.25, -0.2) is 0 Å². The fourth-order valence-electron chi connectivity index (χ4n) is 1.89. The molecule has 0 aliphatic heterocycles. The number of rotatable bonds is 2. The number of amides is 1. The van der Waals surface area contributed by atoms with Crippen molar-refractivity contribution in [2.24, 2.45) is 0 Å². The Bertz CT molecular complexity index is 592. The predicted molar refractivity (Wildman–Crippen MR) is 83.9 cm³/mol.